The zero-order valence-electron chi connectivity index (χ0n) is 7.97. The zero-order valence-corrected chi connectivity index (χ0v) is 7.97. The number of rotatable bonds is 5. The van der Waals surface area contributed by atoms with E-state index >= 15 is 0 Å². The molecule has 0 heterocycles. The minimum atomic E-state index is -0.458. The van der Waals surface area contributed by atoms with Gasteiger partial charge < -0.3 is 11.1 Å². The first-order chi connectivity index (χ1) is 7.09. The van der Waals surface area contributed by atoms with Crippen LogP contribution in [0, 0.1) is 10.1 Å². The van der Waals surface area contributed by atoms with Gasteiger partial charge in [0.15, 0.2) is 0 Å². The Morgan fingerprint density at radius 2 is 2.00 bits per heavy atom. The predicted octanol–water partition coefficient (Wildman–Crippen LogP) is 0.170. The molecule has 1 amide bonds. The summed E-state index contributed by atoms with van der Waals surface area (Å²) in [5, 5.41) is 13.1. The molecule has 0 aliphatic heterocycles. The fourth-order valence-corrected chi connectivity index (χ4v) is 1.07. The largest absolute Gasteiger partial charge is 0.369 e. The topological polar surface area (TPSA) is 98.3 Å². The molecule has 0 saturated heterocycles. The minimum Gasteiger partial charge on any atom is -0.369 e. The van der Waals surface area contributed by atoms with Crippen LogP contribution < -0.4 is 11.1 Å². The Morgan fingerprint density at radius 1 is 1.40 bits per heavy atom. The molecule has 1 aromatic carbocycles. The predicted molar refractivity (Wildman–Crippen MR) is 54.0 cm³/mol. The zero-order chi connectivity index (χ0) is 11.3. The SMILES string of the molecule is NC(=O)CNCc1ccc([N+](=O)[O-])cc1. The summed E-state index contributed by atoms with van der Waals surface area (Å²) in [5.74, 6) is -0.433. The van der Waals surface area contributed by atoms with Gasteiger partial charge in [0.25, 0.3) is 5.69 Å². The molecule has 0 aromatic heterocycles. The Balaban J connectivity index is 2.50. The third-order valence-corrected chi connectivity index (χ3v) is 1.78. The van der Waals surface area contributed by atoms with Crippen LogP contribution in [0.5, 0.6) is 0 Å². The first-order valence-electron chi connectivity index (χ1n) is 4.32. The molecule has 0 atom stereocenters. The lowest BCUT2D eigenvalue weighted by Gasteiger charge is -2.01. The highest BCUT2D eigenvalue weighted by Gasteiger charge is 2.03. The van der Waals surface area contributed by atoms with Crippen molar-refractivity contribution in [3.8, 4) is 0 Å². The molecule has 0 unspecified atom stereocenters. The third kappa shape index (κ3) is 3.74. The van der Waals surface area contributed by atoms with Gasteiger partial charge in [-0.3, -0.25) is 14.9 Å². The number of nitrogens with two attached hydrogens (primary N) is 1. The standard InChI is InChI=1S/C9H11N3O3/c10-9(13)6-11-5-7-1-3-8(4-2-7)12(14)15/h1-4,11H,5-6H2,(H2,10,13). The van der Waals surface area contributed by atoms with Crippen LogP contribution in [-0.4, -0.2) is 17.4 Å². The number of primary amides is 1. The summed E-state index contributed by atoms with van der Waals surface area (Å²) in [6.07, 6.45) is 0. The Labute approximate surface area is 86.2 Å². The molecule has 0 fully saturated rings. The average Bonchev–Trinajstić information content (AvgIpc) is 2.18. The highest BCUT2D eigenvalue weighted by atomic mass is 16.6. The highest BCUT2D eigenvalue weighted by molar-refractivity contribution is 5.75. The summed E-state index contributed by atoms with van der Waals surface area (Å²) in [6.45, 7) is 0.553. The highest BCUT2D eigenvalue weighted by Crippen LogP contribution is 2.11. The van der Waals surface area contributed by atoms with Crippen molar-refractivity contribution in [1.82, 2.24) is 5.32 Å². The number of nitro benzene ring substituents is 1. The van der Waals surface area contributed by atoms with Gasteiger partial charge in [0.1, 0.15) is 0 Å². The van der Waals surface area contributed by atoms with Crippen LogP contribution in [0.15, 0.2) is 24.3 Å². The van der Waals surface area contributed by atoms with Crippen molar-refractivity contribution in [3.05, 3.63) is 39.9 Å². The Hall–Kier alpha value is -1.95. The second-order valence-electron chi connectivity index (χ2n) is 2.99. The van der Waals surface area contributed by atoms with Gasteiger partial charge in [0, 0.05) is 18.7 Å². The van der Waals surface area contributed by atoms with Crippen LogP contribution in [0.3, 0.4) is 0 Å². The third-order valence-electron chi connectivity index (χ3n) is 1.78. The van der Waals surface area contributed by atoms with Crippen molar-refractivity contribution < 1.29 is 9.72 Å². The van der Waals surface area contributed by atoms with E-state index in [9.17, 15) is 14.9 Å². The summed E-state index contributed by atoms with van der Waals surface area (Å²) < 4.78 is 0. The minimum absolute atomic E-state index is 0.0497. The van der Waals surface area contributed by atoms with Gasteiger partial charge in [-0.1, -0.05) is 12.1 Å². The van der Waals surface area contributed by atoms with E-state index in [1.807, 2.05) is 0 Å². The molecule has 6 nitrogen and oxygen atoms in total. The van der Waals surface area contributed by atoms with Crippen LogP contribution >= 0.6 is 0 Å². The molecular weight excluding hydrogens is 198 g/mol. The number of carbonyl (C=O) groups is 1. The van der Waals surface area contributed by atoms with Crippen molar-refractivity contribution in [2.45, 2.75) is 6.54 Å². The molecule has 1 aromatic rings. The van der Waals surface area contributed by atoms with E-state index in [1.165, 1.54) is 12.1 Å². The Morgan fingerprint density at radius 3 is 2.47 bits per heavy atom. The van der Waals surface area contributed by atoms with Crippen molar-refractivity contribution in [2.75, 3.05) is 6.54 Å². The Kier molecular flexibility index (Phi) is 3.75. The fraction of sp³-hybridized carbons (Fsp3) is 0.222. The molecule has 0 radical (unpaired) electrons. The molecule has 0 bridgehead atoms. The molecule has 0 spiro atoms. The van der Waals surface area contributed by atoms with E-state index in [0.717, 1.165) is 5.56 Å². The van der Waals surface area contributed by atoms with Gasteiger partial charge in [0.05, 0.1) is 11.5 Å². The summed E-state index contributed by atoms with van der Waals surface area (Å²) >= 11 is 0. The van der Waals surface area contributed by atoms with Crippen LogP contribution in [0.1, 0.15) is 5.56 Å². The van der Waals surface area contributed by atoms with E-state index in [-0.39, 0.29) is 12.2 Å². The maximum absolute atomic E-state index is 10.4. The van der Waals surface area contributed by atoms with Gasteiger partial charge >= 0.3 is 0 Å². The number of hydrogen-bond donors (Lipinski definition) is 2. The number of nitrogens with one attached hydrogen (secondary N) is 1. The summed E-state index contributed by atoms with van der Waals surface area (Å²) in [5.41, 5.74) is 5.84. The number of non-ortho nitro benzene ring substituents is 1. The average molecular weight is 209 g/mol. The van der Waals surface area contributed by atoms with Crippen molar-refractivity contribution in [1.29, 1.82) is 0 Å². The first kappa shape index (κ1) is 11.1. The lowest BCUT2D eigenvalue weighted by Crippen LogP contribution is -2.28. The fourth-order valence-electron chi connectivity index (χ4n) is 1.07. The van der Waals surface area contributed by atoms with Gasteiger partial charge in [-0.15, -0.1) is 0 Å². The quantitative estimate of drug-likeness (QED) is 0.533. The number of nitrogens with zero attached hydrogens (tertiary/aromatic N) is 1. The lowest BCUT2D eigenvalue weighted by molar-refractivity contribution is -0.384. The molecule has 15 heavy (non-hydrogen) atoms. The molecule has 80 valence electrons. The van der Waals surface area contributed by atoms with E-state index in [1.54, 1.807) is 12.1 Å². The maximum atomic E-state index is 10.4. The molecule has 0 aliphatic rings. The summed E-state index contributed by atoms with van der Waals surface area (Å²) in [4.78, 5) is 20.3. The first-order valence-corrected chi connectivity index (χ1v) is 4.32. The number of benzene rings is 1. The molecule has 3 N–H and O–H groups in total. The van der Waals surface area contributed by atoms with Crippen LogP contribution in [-0.2, 0) is 11.3 Å². The number of hydrogen-bond acceptors (Lipinski definition) is 4. The summed E-state index contributed by atoms with van der Waals surface area (Å²) in [6, 6.07) is 6.10. The molecule has 0 saturated carbocycles. The van der Waals surface area contributed by atoms with Gasteiger partial charge in [-0.2, -0.15) is 0 Å². The summed E-state index contributed by atoms with van der Waals surface area (Å²) in [7, 11) is 0. The normalized spacial score (nSPS) is 9.87. The van der Waals surface area contributed by atoms with Crippen LogP contribution in [0.2, 0.25) is 0 Å². The van der Waals surface area contributed by atoms with E-state index < -0.39 is 10.8 Å². The second kappa shape index (κ2) is 5.06. The molecule has 0 aliphatic carbocycles. The Bertz CT molecular complexity index is 361. The number of carbonyl (C=O) groups excluding carboxylic acids is 1. The molecule has 1 rings (SSSR count). The van der Waals surface area contributed by atoms with Crippen molar-refractivity contribution >= 4 is 11.6 Å². The van der Waals surface area contributed by atoms with E-state index in [0.29, 0.717) is 6.54 Å². The maximum Gasteiger partial charge on any atom is 0.269 e. The van der Waals surface area contributed by atoms with Gasteiger partial charge in [0.2, 0.25) is 5.91 Å². The van der Waals surface area contributed by atoms with Gasteiger partial charge in [-0.05, 0) is 5.56 Å². The smallest absolute Gasteiger partial charge is 0.269 e. The van der Waals surface area contributed by atoms with Gasteiger partial charge in [-0.25, -0.2) is 0 Å². The van der Waals surface area contributed by atoms with Crippen molar-refractivity contribution in [2.24, 2.45) is 5.73 Å². The lowest BCUT2D eigenvalue weighted by atomic mass is 10.2. The van der Waals surface area contributed by atoms with Crippen LogP contribution in [0.4, 0.5) is 5.69 Å². The van der Waals surface area contributed by atoms with E-state index in [4.69, 9.17) is 5.73 Å². The second-order valence-corrected chi connectivity index (χ2v) is 2.99. The number of nitro groups is 1. The molecule has 6 heteroatoms. The van der Waals surface area contributed by atoms with Crippen molar-refractivity contribution in [3.63, 3.8) is 0 Å². The monoisotopic (exact) mass is 209 g/mol. The molecular formula is C9H11N3O3. The van der Waals surface area contributed by atoms with E-state index in [2.05, 4.69) is 5.32 Å². The number of amides is 1. The van der Waals surface area contributed by atoms with Crippen LogP contribution in [0.25, 0.3) is 0 Å².